The molecule has 3 aromatic rings. The monoisotopic (exact) mass is 351 g/mol. The van der Waals surface area contributed by atoms with Crippen LogP contribution in [0.2, 0.25) is 5.02 Å². The third kappa shape index (κ3) is 2.07. The fourth-order valence-corrected chi connectivity index (χ4v) is 2.53. The molecule has 0 unspecified atom stereocenters. The maximum atomic E-state index is 11.5. The van der Waals surface area contributed by atoms with Crippen molar-refractivity contribution < 1.29 is 9.90 Å². The first-order valence-corrected chi connectivity index (χ1v) is 6.76. The summed E-state index contributed by atoms with van der Waals surface area (Å²) in [6.45, 7) is 0. The van der Waals surface area contributed by atoms with E-state index in [1.165, 1.54) is 6.20 Å². The van der Waals surface area contributed by atoms with Crippen LogP contribution in [-0.2, 0) is 0 Å². The lowest BCUT2D eigenvalue weighted by Gasteiger charge is -2.05. The first kappa shape index (κ1) is 13.1. The summed E-state index contributed by atoms with van der Waals surface area (Å²) in [5.41, 5.74) is 1.51. The zero-order chi connectivity index (χ0) is 14.3. The molecule has 1 N–H and O–H groups in total. The quantitative estimate of drug-likeness (QED) is 0.717. The van der Waals surface area contributed by atoms with E-state index in [2.05, 4.69) is 25.9 Å². The Balaban J connectivity index is 2.38. The minimum Gasteiger partial charge on any atom is -0.464 e. The molecule has 7 heteroatoms. The van der Waals surface area contributed by atoms with E-state index in [0.29, 0.717) is 21.6 Å². The number of fused-ring (bicyclic) bond motifs is 1. The lowest BCUT2D eigenvalue weighted by atomic mass is 10.2. The Bertz CT molecular complexity index is 832. The van der Waals surface area contributed by atoms with E-state index in [4.69, 9.17) is 11.6 Å². The Morgan fingerprint density at radius 1 is 1.35 bits per heavy atom. The third-order valence-corrected chi connectivity index (χ3v) is 3.64. The highest BCUT2D eigenvalue weighted by Crippen LogP contribution is 2.32. The van der Waals surface area contributed by atoms with Crippen molar-refractivity contribution in [3.8, 4) is 11.4 Å². The lowest BCUT2D eigenvalue weighted by Crippen LogP contribution is -2.09. The molecule has 0 aliphatic rings. The van der Waals surface area contributed by atoms with Crippen LogP contribution in [0.25, 0.3) is 22.4 Å². The molecule has 0 amide bonds. The van der Waals surface area contributed by atoms with E-state index in [0.717, 1.165) is 9.04 Å². The van der Waals surface area contributed by atoms with Gasteiger partial charge in [0.25, 0.3) is 0 Å². The summed E-state index contributed by atoms with van der Waals surface area (Å²) in [4.78, 5) is 19.8. The SMILES string of the molecule is O=C(O)n1c(-c2cc(Br)ccc2Cl)nc2ccncc21. The van der Waals surface area contributed by atoms with Crippen molar-refractivity contribution in [3.63, 3.8) is 0 Å². The van der Waals surface area contributed by atoms with Gasteiger partial charge in [0, 0.05) is 16.2 Å². The largest absolute Gasteiger partial charge is 0.464 e. The summed E-state index contributed by atoms with van der Waals surface area (Å²) >= 11 is 9.50. The third-order valence-electron chi connectivity index (χ3n) is 2.82. The molecule has 1 aromatic carbocycles. The van der Waals surface area contributed by atoms with Gasteiger partial charge >= 0.3 is 6.09 Å². The molecule has 0 saturated heterocycles. The minimum atomic E-state index is -1.13. The van der Waals surface area contributed by atoms with Gasteiger partial charge in [-0.2, -0.15) is 0 Å². The summed E-state index contributed by atoms with van der Waals surface area (Å²) in [5, 5.41) is 9.84. The van der Waals surface area contributed by atoms with Crippen molar-refractivity contribution in [1.82, 2.24) is 14.5 Å². The van der Waals surface area contributed by atoms with Crippen molar-refractivity contribution in [3.05, 3.63) is 46.2 Å². The van der Waals surface area contributed by atoms with Crippen LogP contribution in [0.5, 0.6) is 0 Å². The summed E-state index contributed by atoms with van der Waals surface area (Å²) in [6, 6.07) is 6.85. The number of imidazole rings is 1. The summed E-state index contributed by atoms with van der Waals surface area (Å²) in [5.74, 6) is 0.270. The molecule has 0 atom stereocenters. The van der Waals surface area contributed by atoms with Crippen molar-refractivity contribution in [2.45, 2.75) is 0 Å². The Kier molecular flexibility index (Phi) is 3.19. The molecule has 0 bridgehead atoms. The lowest BCUT2D eigenvalue weighted by molar-refractivity contribution is 0.197. The Hall–Kier alpha value is -1.92. The Morgan fingerprint density at radius 3 is 2.90 bits per heavy atom. The first-order chi connectivity index (χ1) is 9.58. The van der Waals surface area contributed by atoms with Crippen LogP contribution in [0, 0.1) is 0 Å². The number of rotatable bonds is 1. The zero-order valence-corrected chi connectivity index (χ0v) is 12.3. The van der Waals surface area contributed by atoms with Gasteiger partial charge in [-0.3, -0.25) is 4.98 Å². The molecule has 5 nitrogen and oxygen atoms in total. The molecule has 0 aliphatic heterocycles. The van der Waals surface area contributed by atoms with Gasteiger partial charge in [-0.15, -0.1) is 0 Å². The highest BCUT2D eigenvalue weighted by atomic mass is 79.9. The van der Waals surface area contributed by atoms with Crippen LogP contribution < -0.4 is 0 Å². The van der Waals surface area contributed by atoms with Crippen molar-refractivity contribution in [2.24, 2.45) is 0 Å². The van der Waals surface area contributed by atoms with Crippen LogP contribution in [0.3, 0.4) is 0 Å². The molecular weight excluding hydrogens is 346 g/mol. The van der Waals surface area contributed by atoms with E-state index < -0.39 is 6.09 Å². The van der Waals surface area contributed by atoms with Crippen molar-refractivity contribution >= 4 is 44.7 Å². The number of aromatic nitrogens is 3. The van der Waals surface area contributed by atoms with Gasteiger partial charge in [-0.25, -0.2) is 14.3 Å². The molecule has 2 aromatic heterocycles. The number of carbonyl (C=O) groups is 1. The minimum absolute atomic E-state index is 0.270. The highest BCUT2D eigenvalue weighted by molar-refractivity contribution is 9.10. The second-order valence-electron chi connectivity index (χ2n) is 4.04. The van der Waals surface area contributed by atoms with Crippen LogP contribution >= 0.6 is 27.5 Å². The molecule has 0 spiro atoms. The number of carboxylic acid groups (broad SMARTS) is 1. The standard InChI is InChI=1S/C13H7BrClN3O2/c14-7-1-2-9(15)8(5-7)12-17-10-3-4-16-6-11(10)18(12)13(19)20/h1-6H,(H,19,20). The maximum absolute atomic E-state index is 11.5. The van der Waals surface area contributed by atoms with Gasteiger partial charge in [0.1, 0.15) is 0 Å². The number of nitrogens with zero attached hydrogens (tertiary/aromatic N) is 3. The molecule has 2 heterocycles. The van der Waals surface area contributed by atoms with E-state index in [9.17, 15) is 9.90 Å². The topological polar surface area (TPSA) is 68.0 Å². The maximum Gasteiger partial charge on any atom is 0.417 e. The molecule has 0 aliphatic carbocycles. The summed E-state index contributed by atoms with van der Waals surface area (Å²) < 4.78 is 1.87. The molecule has 20 heavy (non-hydrogen) atoms. The first-order valence-electron chi connectivity index (χ1n) is 5.59. The predicted octanol–water partition coefficient (Wildman–Crippen LogP) is 4.04. The Labute approximate surface area is 127 Å². The van der Waals surface area contributed by atoms with E-state index in [-0.39, 0.29) is 5.82 Å². The van der Waals surface area contributed by atoms with Crippen LogP contribution in [-0.4, -0.2) is 25.7 Å². The van der Waals surface area contributed by atoms with Crippen molar-refractivity contribution in [1.29, 1.82) is 0 Å². The van der Waals surface area contributed by atoms with Gasteiger partial charge in [-0.1, -0.05) is 27.5 Å². The van der Waals surface area contributed by atoms with Crippen LogP contribution in [0.15, 0.2) is 41.1 Å². The smallest absolute Gasteiger partial charge is 0.417 e. The molecule has 0 saturated carbocycles. The predicted molar refractivity (Wildman–Crippen MR) is 79.1 cm³/mol. The molecule has 0 radical (unpaired) electrons. The van der Waals surface area contributed by atoms with Gasteiger partial charge in [0.2, 0.25) is 0 Å². The second-order valence-corrected chi connectivity index (χ2v) is 5.36. The van der Waals surface area contributed by atoms with Gasteiger partial charge in [-0.05, 0) is 24.3 Å². The number of halogens is 2. The van der Waals surface area contributed by atoms with Crippen LogP contribution in [0.4, 0.5) is 4.79 Å². The van der Waals surface area contributed by atoms with E-state index in [1.54, 1.807) is 30.5 Å². The highest BCUT2D eigenvalue weighted by Gasteiger charge is 2.19. The van der Waals surface area contributed by atoms with Gasteiger partial charge < -0.3 is 5.11 Å². The van der Waals surface area contributed by atoms with Crippen LogP contribution in [0.1, 0.15) is 0 Å². The normalized spacial score (nSPS) is 10.9. The van der Waals surface area contributed by atoms with E-state index in [1.807, 2.05) is 0 Å². The summed E-state index contributed by atoms with van der Waals surface area (Å²) in [7, 11) is 0. The average molecular weight is 353 g/mol. The van der Waals surface area contributed by atoms with Crippen molar-refractivity contribution in [2.75, 3.05) is 0 Å². The fourth-order valence-electron chi connectivity index (χ4n) is 1.97. The second kappa shape index (κ2) is 4.88. The number of hydrogen-bond acceptors (Lipinski definition) is 3. The zero-order valence-electron chi connectivity index (χ0n) is 9.92. The number of benzene rings is 1. The molecule has 0 fully saturated rings. The average Bonchev–Trinajstić information content (AvgIpc) is 2.80. The fraction of sp³-hybridized carbons (Fsp3) is 0. The number of hydrogen-bond donors (Lipinski definition) is 1. The molecule has 100 valence electrons. The Morgan fingerprint density at radius 2 is 2.15 bits per heavy atom. The molecule has 3 rings (SSSR count). The molecular formula is C13H7BrClN3O2. The van der Waals surface area contributed by atoms with E-state index >= 15 is 0 Å². The van der Waals surface area contributed by atoms with Gasteiger partial charge in [0.05, 0.1) is 22.3 Å². The summed E-state index contributed by atoms with van der Waals surface area (Å²) in [6.07, 6.45) is 1.89. The number of pyridine rings is 1. The van der Waals surface area contributed by atoms with Gasteiger partial charge in [0.15, 0.2) is 5.82 Å².